The van der Waals surface area contributed by atoms with Crippen LogP contribution in [0.15, 0.2) is 67.3 Å². The summed E-state index contributed by atoms with van der Waals surface area (Å²) in [6.45, 7) is 4.13. The number of nitrogens with zero attached hydrogens (tertiary/aromatic N) is 1. The summed E-state index contributed by atoms with van der Waals surface area (Å²) in [7, 11) is 0. The molecule has 0 aromatic heterocycles. The number of benzene rings is 2. The molecule has 2 aromatic carbocycles. The Balaban J connectivity index is 2.21. The number of nitriles is 1. The van der Waals surface area contributed by atoms with Gasteiger partial charge < -0.3 is 4.74 Å². The third kappa shape index (κ3) is 3.60. The molecule has 0 bridgehead atoms. The lowest BCUT2D eigenvalue weighted by Crippen LogP contribution is -1.92. The van der Waals surface area contributed by atoms with E-state index in [-0.39, 0.29) is 0 Å². The Morgan fingerprint density at radius 3 is 2.60 bits per heavy atom. The summed E-state index contributed by atoms with van der Waals surface area (Å²) in [6, 6.07) is 18.0. The van der Waals surface area contributed by atoms with Gasteiger partial charge in [0.1, 0.15) is 12.4 Å². The molecule has 20 heavy (non-hydrogen) atoms. The van der Waals surface area contributed by atoms with Crippen LogP contribution in [-0.2, 0) is 0 Å². The number of ether oxygens (including phenoxy) is 1. The van der Waals surface area contributed by atoms with Crippen molar-refractivity contribution < 1.29 is 4.74 Å². The third-order valence-corrected chi connectivity index (χ3v) is 2.79. The minimum atomic E-state index is 0.508. The highest BCUT2D eigenvalue weighted by molar-refractivity contribution is 5.68. The molecule has 2 aromatic rings. The van der Waals surface area contributed by atoms with Crippen LogP contribution in [0.2, 0.25) is 0 Å². The first kappa shape index (κ1) is 13.6. The smallest absolute Gasteiger partial charge is 0.119 e. The summed E-state index contributed by atoms with van der Waals surface area (Å²) in [5.41, 5.74) is 3.24. The summed E-state index contributed by atoms with van der Waals surface area (Å²) >= 11 is 0. The Labute approximate surface area is 119 Å². The Morgan fingerprint density at radius 1 is 1.10 bits per heavy atom. The van der Waals surface area contributed by atoms with Crippen molar-refractivity contribution in [3.8, 4) is 22.9 Å². The van der Waals surface area contributed by atoms with E-state index < -0.39 is 0 Å². The van der Waals surface area contributed by atoms with Gasteiger partial charge in [0.05, 0.1) is 6.07 Å². The molecule has 2 nitrogen and oxygen atoms in total. The first-order valence-electron chi connectivity index (χ1n) is 6.34. The summed E-state index contributed by atoms with van der Waals surface area (Å²) < 4.78 is 5.46. The molecule has 0 amide bonds. The zero-order valence-electron chi connectivity index (χ0n) is 11.1. The zero-order chi connectivity index (χ0) is 14.2. The lowest BCUT2D eigenvalue weighted by Gasteiger charge is -2.06. The molecule has 98 valence electrons. The second-order valence-corrected chi connectivity index (χ2v) is 4.21. The minimum absolute atomic E-state index is 0.508. The molecule has 0 aliphatic carbocycles. The van der Waals surface area contributed by atoms with Crippen molar-refractivity contribution in [1.29, 1.82) is 5.26 Å². The largest absolute Gasteiger partial charge is 0.490 e. The van der Waals surface area contributed by atoms with E-state index in [1.165, 1.54) is 6.08 Å². The van der Waals surface area contributed by atoms with Crippen LogP contribution in [0.5, 0.6) is 5.75 Å². The molecule has 0 heterocycles. The van der Waals surface area contributed by atoms with E-state index in [1.54, 1.807) is 12.2 Å². The lowest BCUT2D eigenvalue weighted by atomic mass is 10.0. The highest BCUT2D eigenvalue weighted by Crippen LogP contribution is 2.23. The molecule has 2 rings (SSSR count). The van der Waals surface area contributed by atoms with E-state index >= 15 is 0 Å². The summed E-state index contributed by atoms with van der Waals surface area (Å²) in [6.07, 6.45) is 5.00. The Hall–Kier alpha value is -2.79. The van der Waals surface area contributed by atoms with Gasteiger partial charge in [-0.2, -0.15) is 5.26 Å². The van der Waals surface area contributed by atoms with Gasteiger partial charge in [-0.15, -0.1) is 0 Å². The number of allylic oxidation sites excluding steroid dienone is 1. The van der Waals surface area contributed by atoms with Gasteiger partial charge in [0.25, 0.3) is 0 Å². The average molecular weight is 261 g/mol. The highest BCUT2D eigenvalue weighted by atomic mass is 16.5. The molecular weight excluding hydrogens is 246 g/mol. The van der Waals surface area contributed by atoms with Crippen molar-refractivity contribution in [3.63, 3.8) is 0 Å². The molecule has 0 fully saturated rings. The SMILES string of the molecule is C=CCOc1ccc(-c2cccc(C=CC#N)c2)cc1. The summed E-state index contributed by atoms with van der Waals surface area (Å²) in [4.78, 5) is 0. The minimum Gasteiger partial charge on any atom is -0.490 e. The van der Waals surface area contributed by atoms with Crippen molar-refractivity contribution >= 4 is 6.08 Å². The zero-order valence-corrected chi connectivity index (χ0v) is 11.1. The van der Waals surface area contributed by atoms with Gasteiger partial charge in [0.15, 0.2) is 0 Å². The van der Waals surface area contributed by atoms with Crippen molar-refractivity contribution in [2.45, 2.75) is 0 Å². The molecule has 2 heteroatoms. The molecular formula is C18H15NO. The second-order valence-electron chi connectivity index (χ2n) is 4.21. The summed E-state index contributed by atoms with van der Waals surface area (Å²) in [5, 5.41) is 8.56. The first-order chi connectivity index (χ1) is 9.83. The molecule has 0 saturated carbocycles. The number of rotatable bonds is 5. The van der Waals surface area contributed by atoms with Gasteiger partial charge in [-0.1, -0.05) is 43.0 Å². The van der Waals surface area contributed by atoms with Gasteiger partial charge in [-0.3, -0.25) is 0 Å². The van der Waals surface area contributed by atoms with E-state index in [4.69, 9.17) is 10.00 Å². The van der Waals surface area contributed by atoms with Crippen LogP contribution in [-0.4, -0.2) is 6.61 Å². The fourth-order valence-electron chi connectivity index (χ4n) is 1.85. The van der Waals surface area contributed by atoms with Gasteiger partial charge in [-0.05, 0) is 41.0 Å². The van der Waals surface area contributed by atoms with Crippen LogP contribution in [0, 0.1) is 11.3 Å². The van der Waals surface area contributed by atoms with Crippen molar-refractivity contribution in [1.82, 2.24) is 0 Å². The predicted molar refractivity (Wildman–Crippen MR) is 82.2 cm³/mol. The van der Waals surface area contributed by atoms with Gasteiger partial charge in [0.2, 0.25) is 0 Å². The third-order valence-electron chi connectivity index (χ3n) is 2.79. The van der Waals surface area contributed by atoms with E-state index in [9.17, 15) is 0 Å². The Bertz CT molecular complexity index is 648. The van der Waals surface area contributed by atoms with Gasteiger partial charge in [-0.25, -0.2) is 0 Å². The average Bonchev–Trinajstić information content (AvgIpc) is 2.52. The topological polar surface area (TPSA) is 33.0 Å². The maximum absolute atomic E-state index is 8.56. The van der Waals surface area contributed by atoms with E-state index in [2.05, 4.69) is 6.58 Å². The van der Waals surface area contributed by atoms with E-state index in [0.717, 1.165) is 22.4 Å². The van der Waals surface area contributed by atoms with Crippen LogP contribution < -0.4 is 4.74 Å². The predicted octanol–water partition coefficient (Wildman–Crippen LogP) is 4.46. The highest BCUT2D eigenvalue weighted by Gasteiger charge is 1.99. The van der Waals surface area contributed by atoms with Gasteiger partial charge in [0, 0.05) is 6.08 Å². The van der Waals surface area contributed by atoms with Gasteiger partial charge >= 0.3 is 0 Å². The Kier molecular flexibility index (Phi) is 4.75. The lowest BCUT2D eigenvalue weighted by molar-refractivity contribution is 0.363. The molecule has 0 aliphatic rings. The summed E-state index contributed by atoms with van der Waals surface area (Å²) in [5.74, 6) is 0.828. The fraction of sp³-hybridized carbons (Fsp3) is 0.0556. The number of hydrogen-bond donors (Lipinski definition) is 0. The van der Waals surface area contributed by atoms with E-state index in [0.29, 0.717) is 6.61 Å². The monoisotopic (exact) mass is 261 g/mol. The van der Waals surface area contributed by atoms with Crippen LogP contribution in [0.4, 0.5) is 0 Å². The molecule has 0 aliphatic heterocycles. The van der Waals surface area contributed by atoms with Crippen molar-refractivity contribution in [2.75, 3.05) is 6.61 Å². The standard InChI is InChI=1S/C18H15NO/c1-2-13-20-18-10-8-16(9-11-18)17-7-3-5-15(14-17)6-4-12-19/h2-11,14H,1,13H2. The molecule has 0 unspecified atom stereocenters. The van der Waals surface area contributed by atoms with Crippen molar-refractivity contribution in [2.24, 2.45) is 0 Å². The quantitative estimate of drug-likeness (QED) is 0.588. The maximum atomic E-state index is 8.56. The second kappa shape index (κ2) is 6.96. The van der Waals surface area contributed by atoms with Crippen molar-refractivity contribution in [3.05, 3.63) is 72.8 Å². The molecule has 0 radical (unpaired) electrons. The molecule has 0 atom stereocenters. The van der Waals surface area contributed by atoms with Crippen LogP contribution in [0.25, 0.3) is 17.2 Å². The Morgan fingerprint density at radius 2 is 1.90 bits per heavy atom. The van der Waals surface area contributed by atoms with E-state index in [1.807, 2.05) is 54.6 Å². The maximum Gasteiger partial charge on any atom is 0.119 e. The van der Waals surface area contributed by atoms with Crippen LogP contribution in [0.3, 0.4) is 0 Å². The molecule has 0 saturated heterocycles. The van der Waals surface area contributed by atoms with Crippen LogP contribution >= 0.6 is 0 Å². The first-order valence-corrected chi connectivity index (χ1v) is 6.34. The molecule has 0 N–H and O–H groups in total. The fourth-order valence-corrected chi connectivity index (χ4v) is 1.85. The molecule has 0 spiro atoms. The number of hydrogen-bond acceptors (Lipinski definition) is 2. The normalized spacial score (nSPS) is 10.2. The van der Waals surface area contributed by atoms with Crippen LogP contribution in [0.1, 0.15) is 5.56 Å².